The Morgan fingerprint density at radius 3 is 2.12 bits per heavy atom. The number of carboxylic acid groups (broad SMARTS) is 1. The van der Waals surface area contributed by atoms with E-state index in [1.807, 2.05) is 60.7 Å². The maximum Gasteiger partial charge on any atom is 0.326 e. The third-order valence-corrected chi connectivity index (χ3v) is 3.50. The first-order chi connectivity index (χ1) is 11.6. The van der Waals surface area contributed by atoms with Gasteiger partial charge < -0.3 is 15.2 Å². The summed E-state index contributed by atoms with van der Waals surface area (Å²) >= 11 is 0. The van der Waals surface area contributed by atoms with Gasteiger partial charge in [0.15, 0.2) is 0 Å². The van der Waals surface area contributed by atoms with Crippen LogP contribution in [0.3, 0.4) is 0 Å². The van der Waals surface area contributed by atoms with Gasteiger partial charge in [-0.15, -0.1) is 0 Å². The lowest BCUT2D eigenvalue weighted by Crippen LogP contribution is -2.42. The summed E-state index contributed by atoms with van der Waals surface area (Å²) in [6.07, 6.45) is 0.387. The van der Waals surface area contributed by atoms with Crippen molar-refractivity contribution in [3.63, 3.8) is 0 Å². The second-order valence-electron chi connectivity index (χ2n) is 5.44. The van der Waals surface area contributed by atoms with Crippen molar-refractivity contribution >= 4 is 11.9 Å². The molecule has 0 saturated heterocycles. The first kappa shape index (κ1) is 17.7. The molecule has 2 aromatic rings. The van der Waals surface area contributed by atoms with Crippen LogP contribution in [0.4, 0.5) is 0 Å². The van der Waals surface area contributed by atoms with E-state index in [1.54, 1.807) is 0 Å². The van der Waals surface area contributed by atoms with Crippen molar-refractivity contribution in [3.05, 3.63) is 71.8 Å². The van der Waals surface area contributed by atoms with Crippen LogP contribution in [0.5, 0.6) is 0 Å². The summed E-state index contributed by atoms with van der Waals surface area (Å²) in [5.74, 6) is -1.37. The van der Waals surface area contributed by atoms with E-state index in [4.69, 9.17) is 4.74 Å². The van der Waals surface area contributed by atoms with Crippen molar-refractivity contribution in [2.45, 2.75) is 25.5 Å². The number of aliphatic carboxylic acids is 1. The molecule has 0 bridgehead atoms. The van der Waals surface area contributed by atoms with E-state index in [2.05, 4.69) is 5.32 Å². The molecule has 0 aliphatic rings. The lowest BCUT2D eigenvalue weighted by atomic mass is 10.1. The van der Waals surface area contributed by atoms with Gasteiger partial charge in [0.1, 0.15) is 6.04 Å². The van der Waals surface area contributed by atoms with Crippen molar-refractivity contribution in [2.24, 2.45) is 0 Å². The first-order valence-electron chi connectivity index (χ1n) is 7.83. The molecule has 2 N–H and O–H groups in total. The first-order valence-corrected chi connectivity index (χ1v) is 7.83. The highest BCUT2D eigenvalue weighted by molar-refractivity contribution is 5.83. The molecular weight excluding hydrogens is 306 g/mol. The molecule has 24 heavy (non-hydrogen) atoms. The molecule has 2 aromatic carbocycles. The van der Waals surface area contributed by atoms with Crippen LogP contribution in [-0.4, -0.2) is 29.6 Å². The maximum absolute atomic E-state index is 11.9. The monoisotopic (exact) mass is 327 g/mol. The summed E-state index contributed by atoms with van der Waals surface area (Å²) in [5, 5.41) is 11.8. The van der Waals surface area contributed by atoms with Gasteiger partial charge in [0.2, 0.25) is 5.91 Å². The average molecular weight is 327 g/mol. The quantitative estimate of drug-likeness (QED) is 0.694. The minimum atomic E-state index is -1.04. The van der Waals surface area contributed by atoms with E-state index in [-0.39, 0.29) is 25.4 Å². The second-order valence-corrected chi connectivity index (χ2v) is 5.44. The minimum Gasteiger partial charge on any atom is -0.480 e. The van der Waals surface area contributed by atoms with Crippen molar-refractivity contribution in [1.29, 1.82) is 0 Å². The Morgan fingerprint density at radius 2 is 1.54 bits per heavy atom. The van der Waals surface area contributed by atoms with E-state index in [0.717, 1.165) is 11.1 Å². The van der Waals surface area contributed by atoms with Gasteiger partial charge in [-0.05, 0) is 11.1 Å². The average Bonchev–Trinajstić information content (AvgIpc) is 2.60. The number of amides is 1. The highest BCUT2D eigenvalue weighted by Crippen LogP contribution is 2.04. The summed E-state index contributed by atoms with van der Waals surface area (Å²) in [6.45, 7) is 0.679. The SMILES string of the molecule is O=C(CCOCc1ccccc1)N[C@H](Cc1ccccc1)C(=O)O. The third-order valence-electron chi connectivity index (χ3n) is 3.50. The summed E-state index contributed by atoms with van der Waals surface area (Å²) in [5.41, 5.74) is 1.90. The lowest BCUT2D eigenvalue weighted by Gasteiger charge is -2.14. The fourth-order valence-electron chi connectivity index (χ4n) is 2.25. The smallest absolute Gasteiger partial charge is 0.326 e. The molecular formula is C19H21NO4. The van der Waals surface area contributed by atoms with E-state index in [1.165, 1.54) is 0 Å². The summed E-state index contributed by atoms with van der Waals surface area (Å²) in [6, 6.07) is 17.9. The zero-order valence-electron chi connectivity index (χ0n) is 13.4. The van der Waals surface area contributed by atoms with Crippen molar-refractivity contribution < 1.29 is 19.4 Å². The third kappa shape index (κ3) is 6.22. The molecule has 1 amide bonds. The molecule has 2 rings (SSSR count). The molecule has 0 aliphatic carbocycles. The van der Waals surface area contributed by atoms with Crippen LogP contribution < -0.4 is 5.32 Å². The van der Waals surface area contributed by atoms with E-state index in [9.17, 15) is 14.7 Å². The number of ether oxygens (including phenoxy) is 1. The molecule has 0 aliphatic heterocycles. The van der Waals surface area contributed by atoms with Crippen LogP contribution >= 0.6 is 0 Å². The molecule has 5 heteroatoms. The van der Waals surface area contributed by atoms with Crippen LogP contribution in [-0.2, 0) is 27.4 Å². The predicted molar refractivity (Wildman–Crippen MR) is 90.4 cm³/mol. The number of benzene rings is 2. The van der Waals surface area contributed by atoms with E-state index >= 15 is 0 Å². The van der Waals surface area contributed by atoms with Gasteiger partial charge in [0.05, 0.1) is 13.2 Å². The Balaban J connectivity index is 1.73. The molecule has 0 fully saturated rings. The largest absolute Gasteiger partial charge is 0.480 e. The van der Waals surface area contributed by atoms with Crippen LogP contribution in [0.2, 0.25) is 0 Å². The van der Waals surface area contributed by atoms with E-state index < -0.39 is 12.0 Å². The predicted octanol–water partition coefficient (Wildman–Crippen LogP) is 2.41. The number of hydrogen-bond donors (Lipinski definition) is 2. The van der Waals surface area contributed by atoms with Gasteiger partial charge >= 0.3 is 5.97 Å². The molecule has 1 atom stereocenters. The summed E-state index contributed by atoms with van der Waals surface area (Å²) < 4.78 is 5.44. The normalized spacial score (nSPS) is 11.7. The van der Waals surface area contributed by atoms with Gasteiger partial charge in [-0.2, -0.15) is 0 Å². The van der Waals surface area contributed by atoms with E-state index in [0.29, 0.717) is 6.61 Å². The molecule has 0 radical (unpaired) electrons. The fourth-order valence-corrected chi connectivity index (χ4v) is 2.25. The lowest BCUT2D eigenvalue weighted by molar-refractivity contribution is -0.142. The van der Waals surface area contributed by atoms with Crippen molar-refractivity contribution in [2.75, 3.05) is 6.61 Å². The minimum absolute atomic E-state index is 0.130. The number of hydrogen-bond acceptors (Lipinski definition) is 3. The summed E-state index contributed by atoms with van der Waals surface area (Å²) in [4.78, 5) is 23.2. The number of rotatable bonds is 9. The Bertz CT molecular complexity index is 643. The molecule has 0 heterocycles. The summed E-state index contributed by atoms with van der Waals surface area (Å²) in [7, 11) is 0. The number of carbonyl (C=O) groups excluding carboxylic acids is 1. The molecule has 5 nitrogen and oxygen atoms in total. The highest BCUT2D eigenvalue weighted by atomic mass is 16.5. The molecule has 0 spiro atoms. The van der Waals surface area contributed by atoms with Crippen LogP contribution in [0.1, 0.15) is 17.5 Å². The van der Waals surface area contributed by atoms with Gasteiger partial charge in [0, 0.05) is 12.8 Å². The number of carbonyl (C=O) groups is 2. The van der Waals surface area contributed by atoms with Crippen LogP contribution in [0, 0.1) is 0 Å². The zero-order valence-corrected chi connectivity index (χ0v) is 13.4. The Hall–Kier alpha value is -2.66. The molecule has 126 valence electrons. The maximum atomic E-state index is 11.9. The fraction of sp³-hybridized carbons (Fsp3) is 0.263. The van der Waals surface area contributed by atoms with Crippen molar-refractivity contribution in [3.8, 4) is 0 Å². The Morgan fingerprint density at radius 1 is 0.958 bits per heavy atom. The standard InChI is InChI=1S/C19H21NO4/c21-18(11-12-24-14-16-9-5-2-6-10-16)20-17(19(22)23)13-15-7-3-1-4-8-15/h1-10,17H,11-14H2,(H,20,21)(H,22,23)/t17-/m1/s1. The Kier molecular flexibility index (Phi) is 6.98. The highest BCUT2D eigenvalue weighted by Gasteiger charge is 2.20. The Labute approximate surface area is 141 Å². The molecule has 0 unspecified atom stereocenters. The topological polar surface area (TPSA) is 75.6 Å². The zero-order chi connectivity index (χ0) is 17.2. The van der Waals surface area contributed by atoms with Crippen molar-refractivity contribution in [1.82, 2.24) is 5.32 Å². The van der Waals surface area contributed by atoms with Gasteiger partial charge in [0.25, 0.3) is 0 Å². The van der Waals surface area contributed by atoms with Gasteiger partial charge in [-0.25, -0.2) is 4.79 Å². The van der Waals surface area contributed by atoms with Gasteiger partial charge in [-0.1, -0.05) is 60.7 Å². The second kappa shape index (κ2) is 9.47. The number of carboxylic acids is 1. The molecule has 0 aromatic heterocycles. The van der Waals surface area contributed by atoms with Crippen LogP contribution in [0.25, 0.3) is 0 Å². The van der Waals surface area contributed by atoms with Gasteiger partial charge in [-0.3, -0.25) is 4.79 Å². The number of nitrogens with one attached hydrogen (secondary N) is 1. The van der Waals surface area contributed by atoms with Crippen LogP contribution in [0.15, 0.2) is 60.7 Å². The molecule has 0 saturated carbocycles.